The maximum atomic E-state index is 12.4. The monoisotopic (exact) mass is 347 g/mol. The van der Waals surface area contributed by atoms with Crippen LogP contribution in [0.15, 0.2) is 70.7 Å². The number of hydrogen-bond donors (Lipinski definition) is 0. The van der Waals surface area contributed by atoms with E-state index in [1.165, 1.54) is 0 Å². The molecule has 0 saturated heterocycles. The van der Waals surface area contributed by atoms with E-state index in [-0.39, 0.29) is 5.78 Å². The number of carbonyl (C=O) groups is 1. The van der Waals surface area contributed by atoms with E-state index in [1.807, 2.05) is 53.2 Å². The number of thiophene rings is 1. The van der Waals surface area contributed by atoms with Crippen molar-refractivity contribution in [2.75, 3.05) is 0 Å². The molecule has 0 aliphatic heterocycles. The Labute approximate surface area is 147 Å². The summed E-state index contributed by atoms with van der Waals surface area (Å²) in [6.07, 6.45) is 3.38. The minimum Gasteiger partial charge on any atom is -0.289 e. The van der Waals surface area contributed by atoms with Gasteiger partial charge in [0.25, 0.3) is 0 Å². The first-order valence-electron chi connectivity index (χ1n) is 7.49. The van der Waals surface area contributed by atoms with Crippen molar-refractivity contribution >= 4 is 45.3 Å². The highest BCUT2D eigenvalue weighted by Gasteiger charge is 2.05. The van der Waals surface area contributed by atoms with E-state index >= 15 is 0 Å². The Morgan fingerprint density at radius 2 is 1.88 bits per heavy atom. The fraction of sp³-hybridized carbons (Fsp3) is 0. The number of rotatable bonds is 4. The van der Waals surface area contributed by atoms with Crippen LogP contribution in [0, 0.1) is 0 Å². The average Bonchev–Trinajstić information content (AvgIpc) is 3.30. The lowest BCUT2D eigenvalue weighted by Gasteiger charge is -2.00. The van der Waals surface area contributed by atoms with Gasteiger partial charge in [-0.25, -0.2) is 4.98 Å². The molecule has 4 aromatic rings. The Morgan fingerprint density at radius 1 is 1.00 bits per heavy atom. The highest BCUT2D eigenvalue weighted by molar-refractivity contribution is 7.14. The number of thiazole rings is 1. The standard InChI is InChI=1S/C20H13NOS2/c22-19(16-6-5-14-3-1-2-4-15(14)11-16)8-7-18-13-24-20(21-18)17-9-10-23-12-17/h1-13H/b8-7+. The molecule has 116 valence electrons. The van der Waals surface area contributed by atoms with Crippen LogP contribution in [0.2, 0.25) is 0 Å². The van der Waals surface area contributed by atoms with Gasteiger partial charge in [-0.15, -0.1) is 11.3 Å². The molecule has 0 atom stereocenters. The second-order valence-electron chi connectivity index (χ2n) is 5.35. The first-order valence-corrected chi connectivity index (χ1v) is 9.31. The lowest BCUT2D eigenvalue weighted by molar-refractivity contribution is 0.104. The fourth-order valence-electron chi connectivity index (χ4n) is 2.48. The second-order valence-corrected chi connectivity index (χ2v) is 6.99. The maximum Gasteiger partial charge on any atom is 0.185 e. The molecule has 0 aliphatic carbocycles. The average molecular weight is 347 g/mol. The predicted octanol–water partition coefficient (Wildman–Crippen LogP) is 5.92. The molecular formula is C20H13NOS2. The van der Waals surface area contributed by atoms with Crippen molar-refractivity contribution in [3.05, 3.63) is 82.0 Å². The zero-order valence-corrected chi connectivity index (χ0v) is 14.3. The minimum atomic E-state index is -0.00848. The highest BCUT2D eigenvalue weighted by Crippen LogP contribution is 2.26. The third kappa shape index (κ3) is 3.07. The van der Waals surface area contributed by atoms with Crippen LogP contribution in [-0.4, -0.2) is 10.8 Å². The Bertz CT molecular complexity index is 1030. The van der Waals surface area contributed by atoms with Crippen LogP contribution in [-0.2, 0) is 0 Å². The summed E-state index contributed by atoms with van der Waals surface area (Å²) in [5, 5.41) is 9.27. The number of fused-ring (bicyclic) bond motifs is 1. The molecule has 0 amide bonds. The molecule has 0 bridgehead atoms. The zero-order valence-electron chi connectivity index (χ0n) is 12.7. The largest absolute Gasteiger partial charge is 0.289 e. The molecule has 24 heavy (non-hydrogen) atoms. The van der Waals surface area contributed by atoms with Crippen molar-refractivity contribution < 1.29 is 4.79 Å². The van der Waals surface area contributed by atoms with Gasteiger partial charge < -0.3 is 0 Å². The Morgan fingerprint density at radius 3 is 2.71 bits per heavy atom. The molecule has 0 radical (unpaired) electrons. The molecule has 2 aromatic carbocycles. The lowest BCUT2D eigenvalue weighted by Crippen LogP contribution is -1.93. The van der Waals surface area contributed by atoms with E-state index < -0.39 is 0 Å². The van der Waals surface area contributed by atoms with Crippen LogP contribution < -0.4 is 0 Å². The minimum absolute atomic E-state index is 0.00848. The maximum absolute atomic E-state index is 12.4. The third-order valence-corrected chi connectivity index (χ3v) is 5.32. The van der Waals surface area contributed by atoms with Crippen LogP contribution in [0.5, 0.6) is 0 Å². The molecule has 0 unspecified atom stereocenters. The summed E-state index contributed by atoms with van der Waals surface area (Å²) in [5.41, 5.74) is 2.64. The molecule has 0 saturated carbocycles. The van der Waals surface area contributed by atoms with Crippen LogP contribution in [0.1, 0.15) is 16.1 Å². The van der Waals surface area contributed by atoms with Crippen molar-refractivity contribution in [2.24, 2.45) is 0 Å². The van der Waals surface area contributed by atoms with E-state index in [0.717, 1.165) is 27.0 Å². The molecule has 4 heteroatoms. The third-order valence-electron chi connectivity index (χ3n) is 3.73. The van der Waals surface area contributed by atoms with Gasteiger partial charge in [-0.05, 0) is 40.4 Å². The Hall–Kier alpha value is -2.56. The first kappa shape index (κ1) is 15.0. The summed E-state index contributed by atoms with van der Waals surface area (Å²) in [6, 6.07) is 15.9. The summed E-state index contributed by atoms with van der Waals surface area (Å²) in [7, 11) is 0. The number of benzene rings is 2. The van der Waals surface area contributed by atoms with Crippen LogP contribution in [0.3, 0.4) is 0 Å². The van der Waals surface area contributed by atoms with Gasteiger partial charge in [-0.1, -0.05) is 36.4 Å². The van der Waals surface area contributed by atoms with Gasteiger partial charge >= 0.3 is 0 Å². The van der Waals surface area contributed by atoms with Crippen LogP contribution in [0.4, 0.5) is 0 Å². The number of ketones is 1. The molecule has 0 aliphatic rings. The summed E-state index contributed by atoms with van der Waals surface area (Å²) >= 11 is 3.24. The van der Waals surface area contributed by atoms with Gasteiger partial charge in [-0.3, -0.25) is 4.79 Å². The van der Waals surface area contributed by atoms with E-state index in [1.54, 1.807) is 34.8 Å². The Kier molecular flexibility index (Phi) is 4.07. The highest BCUT2D eigenvalue weighted by atomic mass is 32.1. The summed E-state index contributed by atoms with van der Waals surface area (Å²) < 4.78 is 0. The van der Waals surface area contributed by atoms with Gasteiger partial charge in [0.1, 0.15) is 5.01 Å². The normalized spacial score (nSPS) is 11.3. The molecule has 2 heterocycles. The fourth-order valence-corrected chi connectivity index (χ4v) is 3.98. The number of allylic oxidation sites excluding steroid dienone is 1. The summed E-state index contributed by atoms with van der Waals surface area (Å²) in [4.78, 5) is 16.9. The van der Waals surface area contributed by atoms with Crippen molar-refractivity contribution in [3.63, 3.8) is 0 Å². The topological polar surface area (TPSA) is 30.0 Å². The molecule has 0 spiro atoms. The Balaban J connectivity index is 1.55. The summed E-state index contributed by atoms with van der Waals surface area (Å²) in [6.45, 7) is 0. The quantitative estimate of drug-likeness (QED) is 0.339. The number of nitrogens with zero attached hydrogens (tertiary/aromatic N) is 1. The van der Waals surface area contributed by atoms with Gasteiger partial charge in [0, 0.05) is 21.9 Å². The van der Waals surface area contributed by atoms with Crippen LogP contribution in [0.25, 0.3) is 27.4 Å². The van der Waals surface area contributed by atoms with Gasteiger partial charge in [0.15, 0.2) is 5.78 Å². The van der Waals surface area contributed by atoms with Crippen molar-refractivity contribution in [1.82, 2.24) is 4.98 Å². The number of aromatic nitrogens is 1. The number of carbonyl (C=O) groups excluding carboxylic acids is 1. The van der Waals surface area contributed by atoms with Crippen molar-refractivity contribution in [1.29, 1.82) is 0 Å². The molecule has 2 aromatic heterocycles. The number of hydrogen-bond acceptors (Lipinski definition) is 4. The van der Waals surface area contributed by atoms with Gasteiger partial charge in [0.05, 0.1) is 5.69 Å². The van der Waals surface area contributed by atoms with E-state index in [4.69, 9.17) is 0 Å². The molecule has 2 nitrogen and oxygen atoms in total. The first-order chi connectivity index (χ1) is 11.8. The van der Waals surface area contributed by atoms with Gasteiger partial charge in [0.2, 0.25) is 0 Å². The van der Waals surface area contributed by atoms with Gasteiger partial charge in [-0.2, -0.15) is 11.3 Å². The van der Waals surface area contributed by atoms with E-state index in [0.29, 0.717) is 5.56 Å². The van der Waals surface area contributed by atoms with E-state index in [2.05, 4.69) is 16.4 Å². The summed E-state index contributed by atoms with van der Waals surface area (Å²) in [5.74, 6) is -0.00848. The van der Waals surface area contributed by atoms with Crippen LogP contribution >= 0.6 is 22.7 Å². The van der Waals surface area contributed by atoms with Crippen molar-refractivity contribution in [2.45, 2.75) is 0 Å². The second kappa shape index (κ2) is 6.51. The smallest absolute Gasteiger partial charge is 0.185 e. The lowest BCUT2D eigenvalue weighted by atomic mass is 10.0. The predicted molar refractivity (Wildman–Crippen MR) is 103 cm³/mol. The molecular weight excluding hydrogens is 334 g/mol. The van der Waals surface area contributed by atoms with Crippen molar-refractivity contribution in [3.8, 4) is 10.6 Å². The SMILES string of the molecule is O=C(/C=C/c1csc(-c2ccsc2)n1)c1ccc2ccccc2c1. The molecule has 0 fully saturated rings. The molecule has 4 rings (SSSR count). The zero-order chi connectivity index (χ0) is 16.4. The van der Waals surface area contributed by atoms with E-state index in [9.17, 15) is 4.79 Å². The molecule has 0 N–H and O–H groups in total.